The predicted molar refractivity (Wildman–Crippen MR) is 71.5 cm³/mol. The Kier molecular flexibility index (Phi) is 3.49. The van der Waals surface area contributed by atoms with Gasteiger partial charge in [0.2, 0.25) is 0 Å². The third kappa shape index (κ3) is 2.67. The number of hydrogen-bond acceptors (Lipinski definition) is 6. The van der Waals surface area contributed by atoms with Crippen LogP contribution in [0.4, 0.5) is 0 Å². The van der Waals surface area contributed by atoms with Crippen molar-refractivity contribution in [3.8, 4) is 0 Å². The fourth-order valence-corrected chi connectivity index (χ4v) is 2.73. The van der Waals surface area contributed by atoms with E-state index in [1.165, 1.54) is 0 Å². The third-order valence-electron chi connectivity index (χ3n) is 3.59. The first-order chi connectivity index (χ1) is 9.92. The van der Waals surface area contributed by atoms with Crippen LogP contribution in [0.25, 0.3) is 0 Å². The summed E-state index contributed by atoms with van der Waals surface area (Å²) < 4.78 is 22.0. The summed E-state index contributed by atoms with van der Waals surface area (Å²) in [6, 6.07) is 8.70. The average Bonchev–Trinajstić information content (AvgIpc) is 2.90. The molecule has 0 bridgehead atoms. The van der Waals surface area contributed by atoms with Crippen LogP contribution in [0.15, 0.2) is 30.3 Å². The fraction of sp³-hybridized carbons (Fsp3) is 0.533. The molecular formula is C15H18O6. The van der Waals surface area contributed by atoms with Crippen molar-refractivity contribution in [3.63, 3.8) is 0 Å². The first-order valence-electron chi connectivity index (χ1n) is 6.82. The summed E-state index contributed by atoms with van der Waals surface area (Å²) in [7, 11) is 0. The minimum absolute atomic E-state index is 0.0358. The second-order valence-electron chi connectivity index (χ2n) is 5.75. The highest BCUT2D eigenvalue weighted by molar-refractivity contribution is 5.89. The largest absolute Gasteiger partial charge is 0.459 e. The van der Waals surface area contributed by atoms with E-state index in [4.69, 9.17) is 18.9 Å². The maximum atomic E-state index is 12.0. The quantitative estimate of drug-likeness (QED) is 0.841. The minimum atomic E-state index is -1.08. The van der Waals surface area contributed by atoms with E-state index in [1.807, 2.05) is 6.07 Å². The van der Waals surface area contributed by atoms with Crippen LogP contribution in [0.5, 0.6) is 0 Å². The maximum Gasteiger partial charge on any atom is 0.338 e. The third-order valence-corrected chi connectivity index (χ3v) is 3.59. The molecule has 1 unspecified atom stereocenters. The highest BCUT2D eigenvalue weighted by Crippen LogP contribution is 2.42. The van der Waals surface area contributed by atoms with Crippen LogP contribution in [-0.2, 0) is 18.9 Å². The van der Waals surface area contributed by atoms with Crippen molar-refractivity contribution in [2.24, 2.45) is 0 Å². The van der Waals surface area contributed by atoms with E-state index in [-0.39, 0.29) is 13.2 Å². The van der Waals surface area contributed by atoms with E-state index in [0.29, 0.717) is 5.56 Å². The van der Waals surface area contributed by atoms with Gasteiger partial charge in [-0.2, -0.15) is 0 Å². The molecule has 21 heavy (non-hydrogen) atoms. The summed E-state index contributed by atoms with van der Waals surface area (Å²) in [5, 5.41) is 9.81. The van der Waals surface area contributed by atoms with Crippen molar-refractivity contribution >= 4 is 5.97 Å². The van der Waals surface area contributed by atoms with Gasteiger partial charge in [0, 0.05) is 0 Å². The van der Waals surface area contributed by atoms with Gasteiger partial charge in [0.15, 0.2) is 17.7 Å². The molecular weight excluding hydrogens is 276 g/mol. The number of esters is 1. The molecule has 6 heteroatoms. The lowest BCUT2D eigenvalue weighted by Gasteiger charge is -2.26. The summed E-state index contributed by atoms with van der Waals surface area (Å²) in [6.07, 6.45) is -1.75. The summed E-state index contributed by atoms with van der Waals surface area (Å²) in [5.74, 6) is -1.30. The highest BCUT2D eigenvalue weighted by Gasteiger charge is 2.61. The van der Waals surface area contributed by atoms with Crippen LogP contribution in [-0.4, -0.2) is 48.1 Å². The summed E-state index contributed by atoms with van der Waals surface area (Å²) in [5.41, 5.74) is -0.504. The monoisotopic (exact) mass is 294 g/mol. The molecule has 1 aromatic carbocycles. The van der Waals surface area contributed by atoms with Crippen LogP contribution in [0, 0.1) is 0 Å². The van der Waals surface area contributed by atoms with Crippen molar-refractivity contribution in [3.05, 3.63) is 35.9 Å². The molecule has 1 aromatic rings. The van der Waals surface area contributed by atoms with Gasteiger partial charge in [0.1, 0.15) is 12.7 Å². The van der Waals surface area contributed by atoms with Crippen LogP contribution < -0.4 is 0 Å². The summed E-state index contributed by atoms with van der Waals surface area (Å²) in [6.45, 7) is 3.58. The van der Waals surface area contributed by atoms with E-state index in [0.717, 1.165) is 0 Å². The molecule has 3 atom stereocenters. The molecule has 2 fully saturated rings. The number of carbonyl (C=O) groups excluding carboxylic acids is 1. The second kappa shape index (κ2) is 5.06. The van der Waals surface area contributed by atoms with Gasteiger partial charge in [0.05, 0.1) is 12.2 Å². The van der Waals surface area contributed by atoms with Gasteiger partial charge in [-0.25, -0.2) is 4.79 Å². The SMILES string of the molecule is CC1(C)O[C@H]2C(O)OC[C@@]2(COC(=O)c2ccccc2)O1. The number of aliphatic hydroxyl groups excluding tert-OH is 1. The second-order valence-corrected chi connectivity index (χ2v) is 5.75. The van der Waals surface area contributed by atoms with Crippen LogP contribution >= 0.6 is 0 Å². The Hall–Kier alpha value is -1.47. The molecule has 0 saturated carbocycles. The number of carbonyl (C=O) groups is 1. The minimum Gasteiger partial charge on any atom is -0.459 e. The van der Waals surface area contributed by atoms with Gasteiger partial charge < -0.3 is 24.1 Å². The fourth-order valence-electron chi connectivity index (χ4n) is 2.73. The lowest BCUT2D eigenvalue weighted by atomic mass is 10.0. The molecule has 2 aliphatic heterocycles. The van der Waals surface area contributed by atoms with E-state index in [2.05, 4.69) is 0 Å². The van der Waals surface area contributed by atoms with E-state index >= 15 is 0 Å². The molecule has 3 rings (SSSR count). The van der Waals surface area contributed by atoms with Gasteiger partial charge in [-0.3, -0.25) is 0 Å². The Morgan fingerprint density at radius 3 is 2.81 bits per heavy atom. The van der Waals surface area contributed by atoms with E-state index in [9.17, 15) is 9.90 Å². The zero-order chi connectivity index (χ0) is 15.1. The molecule has 0 aliphatic carbocycles. The zero-order valence-electron chi connectivity index (χ0n) is 11.9. The first-order valence-corrected chi connectivity index (χ1v) is 6.82. The van der Waals surface area contributed by atoms with Crippen molar-refractivity contribution in [2.75, 3.05) is 13.2 Å². The molecule has 0 aromatic heterocycles. The molecule has 0 amide bonds. The van der Waals surface area contributed by atoms with Crippen molar-refractivity contribution in [1.82, 2.24) is 0 Å². The van der Waals surface area contributed by atoms with Gasteiger partial charge in [0.25, 0.3) is 0 Å². The molecule has 2 aliphatic rings. The van der Waals surface area contributed by atoms with Crippen LogP contribution in [0.2, 0.25) is 0 Å². The van der Waals surface area contributed by atoms with Crippen LogP contribution in [0.3, 0.4) is 0 Å². The molecule has 1 N–H and O–H groups in total. The Labute approximate surface area is 122 Å². The Bertz CT molecular complexity index is 528. The molecule has 0 spiro atoms. The normalized spacial score (nSPS) is 33.7. The Morgan fingerprint density at radius 1 is 1.38 bits per heavy atom. The van der Waals surface area contributed by atoms with Crippen LogP contribution in [0.1, 0.15) is 24.2 Å². The van der Waals surface area contributed by atoms with Gasteiger partial charge >= 0.3 is 5.97 Å². The van der Waals surface area contributed by atoms with E-state index in [1.54, 1.807) is 38.1 Å². The molecule has 2 heterocycles. The molecule has 0 radical (unpaired) electrons. The van der Waals surface area contributed by atoms with Crippen molar-refractivity contribution in [1.29, 1.82) is 0 Å². The Balaban J connectivity index is 1.70. The number of ether oxygens (including phenoxy) is 4. The number of fused-ring (bicyclic) bond motifs is 1. The van der Waals surface area contributed by atoms with Crippen molar-refractivity contribution in [2.45, 2.75) is 37.6 Å². The molecule has 114 valence electrons. The lowest BCUT2D eigenvalue weighted by Crippen LogP contribution is -2.46. The average molecular weight is 294 g/mol. The zero-order valence-corrected chi connectivity index (χ0v) is 11.9. The smallest absolute Gasteiger partial charge is 0.338 e. The molecule has 6 nitrogen and oxygen atoms in total. The number of aliphatic hydroxyl groups is 1. The van der Waals surface area contributed by atoms with Gasteiger partial charge in [-0.1, -0.05) is 18.2 Å². The number of hydrogen-bond donors (Lipinski definition) is 1. The van der Waals surface area contributed by atoms with Crippen molar-refractivity contribution < 1.29 is 28.8 Å². The Morgan fingerprint density at radius 2 is 2.10 bits per heavy atom. The van der Waals surface area contributed by atoms with Gasteiger partial charge in [-0.05, 0) is 26.0 Å². The lowest BCUT2D eigenvalue weighted by molar-refractivity contribution is -0.216. The number of rotatable bonds is 3. The highest BCUT2D eigenvalue weighted by atomic mass is 16.8. The first kappa shape index (κ1) is 14.5. The summed E-state index contributed by atoms with van der Waals surface area (Å²) >= 11 is 0. The standard InChI is InChI=1S/C15H18O6/c1-14(2)20-11-13(17)19-9-15(11,21-14)8-18-12(16)10-6-4-3-5-7-10/h3-7,11,13,17H,8-9H2,1-2H3/t11-,13?,15+/m0/s1. The number of benzene rings is 1. The predicted octanol–water partition coefficient (Wildman–Crippen LogP) is 1.08. The molecule has 2 saturated heterocycles. The van der Waals surface area contributed by atoms with E-state index < -0.39 is 29.8 Å². The topological polar surface area (TPSA) is 74.2 Å². The van der Waals surface area contributed by atoms with Gasteiger partial charge in [-0.15, -0.1) is 0 Å². The maximum absolute atomic E-state index is 12.0. The summed E-state index contributed by atoms with van der Waals surface area (Å²) in [4.78, 5) is 12.0.